The van der Waals surface area contributed by atoms with Crippen LogP contribution in [0, 0.1) is 0 Å². The maximum Gasteiger partial charge on any atom is 0.249 e. The van der Waals surface area contributed by atoms with E-state index in [-0.39, 0.29) is 6.42 Å². The predicted octanol–water partition coefficient (Wildman–Crippen LogP) is 7.45. The molecular weight excluding hydrogens is 727 g/mol. The van der Waals surface area contributed by atoms with E-state index in [2.05, 4.69) is 43.5 Å². The highest BCUT2D eigenvalue weighted by Crippen LogP contribution is 2.23. The molecule has 8 N–H and O–H groups in total. The van der Waals surface area contributed by atoms with E-state index in [4.69, 9.17) is 9.47 Å². The van der Waals surface area contributed by atoms with Crippen LogP contribution in [0.1, 0.15) is 194 Å². The van der Waals surface area contributed by atoms with Gasteiger partial charge in [-0.15, -0.1) is 0 Å². The van der Waals surface area contributed by atoms with Gasteiger partial charge in [0.05, 0.1) is 25.4 Å². The minimum Gasteiger partial charge on any atom is -0.394 e. The summed E-state index contributed by atoms with van der Waals surface area (Å²) in [5.41, 5.74) is 0. The number of allylic oxidation sites excluding steroid dienone is 4. The molecule has 9 atom stereocenters. The van der Waals surface area contributed by atoms with Crippen molar-refractivity contribution < 1.29 is 50.0 Å². The molecular formula is C46H87NO10. The highest BCUT2D eigenvalue weighted by Gasteiger charge is 2.44. The Morgan fingerprint density at radius 3 is 1.56 bits per heavy atom. The van der Waals surface area contributed by atoms with Crippen LogP contribution in [-0.2, 0) is 14.3 Å². The fourth-order valence-corrected chi connectivity index (χ4v) is 7.35. The molecule has 1 rings (SSSR count). The maximum atomic E-state index is 13.0. The molecule has 1 aliphatic rings. The Morgan fingerprint density at radius 2 is 1.07 bits per heavy atom. The Balaban J connectivity index is 2.37. The number of carbonyl (C=O) groups excluding carboxylic acids is 1. The Bertz CT molecular complexity index is 981. The first-order valence-corrected chi connectivity index (χ1v) is 23.2. The van der Waals surface area contributed by atoms with E-state index in [9.17, 15) is 40.5 Å². The molecule has 11 heteroatoms. The summed E-state index contributed by atoms with van der Waals surface area (Å²) in [7, 11) is 0. The Hall–Kier alpha value is -1.41. The average Bonchev–Trinajstić information content (AvgIpc) is 3.21. The molecule has 0 bridgehead atoms. The number of hydrogen-bond acceptors (Lipinski definition) is 10. The fraction of sp³-hybridized carbons (Fsp3) is 0.891. The van der Waals surface area contributed by atoms with Crippen molar-refractivity contribution >= 4 is 5.91 Å². The number of nitrogens with one attached hydrogen (secondary N) is 1. The predicted molar refractivity (Wildman–Crippen MR) is 229 cm³/mol. The molecule has 1 aliphatic heterocycles. The number of unbranched alkanes of at least 4 members (excludes halogenated alkanes) is 22. The van der Waals surface area contributed by atoms with E-state index >= 15 is 0 Å². The quantitative estimate of drug-likeness (QED) is 0.0230. The molecule has 0 radical (unpaired) electrons. The lowest BCUT2D eigenvalue weighted by Crippen LogP contribution is -2.60. The van der Waals surface area contributed by atoms with Crippen molar-refractivity contribution in [3.63, 3.8) is 0 Å². The van der Waals surface area contributed by atoms with Crippen LogP contribution in [0.15, 0.2) is 24.3 Å². The number of aliphatic hydroxyl groups excluding tert-OH is 7. The van der Waals surface area contributed by atoms with Gasteiger partial charge in [0.25, 0.3) is 0 Å². The summed E-state index contributed by atoms with van der Waals surface area (Å²) in [4.78, 5) is 13.0. The van der Waals surface area contributed by atoms with Gasteiger partial charge in [-0.3, -0.25) is 4.79 Å². The summed E-state index contributed by atoms with van der Waals surface area (Å²) < 4.78 is 11.0. The van der Waals surface area contributed by atoms with Crippen molar-refractivity contribution in [1.29, 1.82) is 0 Å². The van der Waals surface area contributed by atoms with E-state index in [1.54, 1.807) is 0 Å². The lowest BCUT2D eigenvalue weighted by atomic mass is 9.98. The number of aliphatic hydroxyl groups is 7. The molecule has 1 heterocycles. The number of amides is 1. The molecule has 336 valence electrons. The fourth-order valence-electron chi connectivity index (χ4n) is 7.35. The summed E-state index contributed by atoms with van der Waals surface area (Å²) in [6.45, 7) is 3.38. The zero-order valence-corrected chi connectivity index (χ0v) is 36.1. The van der Waals surface area contributed by atoms with E-state index in [1.165, 1.54) is 89.9 Å². The van der Waals surface area contributed by atoms with E-state index < -0.39 is 74.2 Å². The number of hydrogen-bond donors (Lipinski definition) is 8. The van der Waals surface area contributed by atoms with Gasteiger partial charge < -0.3 is 50.5 Å². The van der Waals surface area contributed by atoms with Gasteiger partial charge in [-0.05, 0) is 44.9 Å². The first-order chi connectivity index (χ1) is 27.7. The molecule has 0 aromatic rings. The number of carbonyl (C=O) groups is 1. The van der Waals surface area contributed by atoms with Gasteiger partial charge in [0.2, 0.25) is 5.91 Å². The zero-order chi connectivity index (χ0) is 41.9. The summed E-state index contributed by atoms with van der Waals surface area (Å²) in [5.74, 6) is -0.708. The summed E-state index contributed by atoms with van der Waals surface area (Å²) in [6, 6.07) is -1.17. The second-order valence-electron chi connectivity index (χ2n) is 16.5. The minimum atomic E-state index is -1.66. The molecule has 9 unspecified atom stereocenters. The second kappa shape index (κ2) is 36.4. The largest absolute Gasteiger partial charge is 0.394 e. The monoisotopic (exact) mass is 814 g/mol. The topological polar surface area (TPSA) is 189 Å². The molecule has 0 spiro atoms. The van der Waals surface area contributed by atoms with Crippen LogP contribution < -0.4 is 5.32 Å². The zero-order valence-electron chi connectivity index (χ0n) is 36.1. The van der Waals surface area contributed by atoms with Crippen LogP contribution in [0.25, 0.3) is 0 Å². The second-order valence-corrected chi connectivity index (χ2v) is 16.5. The molecule has 0 aliphatic carbocycles. The Morgan fingerprint density at radius 1 is 0.614 bits per heavy atom. The van der Waals surface area contributed by atoms with Crippen LogP contribution >= 0.6 is 0 Å². The van der Waals surface area contributed by atoms with Crippen LogP contribution in [0.2, 0.25) is 0 Å². The van der Waals surface area contributed by atoms with Gasteiger partial charge in [0.1, 0.15) is 36.6 Å². The van der Waals surface area contributed by atoms with Crippen LogP contribution in [-0.4, -0.2) is 110 Å². The van der Waals surface area contributed by atoms with Gasteiger partial charge in [-0.25, -0.2) is 0 Å². The molecule has 1 amide bonds. The molecule has 11 nitrogen and oxygen atoms in total. The normalized spacial score (nSPS) is 22.3. The molecule has 0 aromatic carbocycles. The lowest BCUT2D eigenvalue weighted by Gasteiger charge is -2.40. The van der Waals surface area contributed by atoms with E-state index in [0.717, 1.165) is 64.2 Å². The number of rotatable bonds is 38. The average molecular weight is 814 g/mol. The molecule has 1 saturated heterocycles. The minimum absolute atomic E-state index is 0.248. The standard InChI is InChI=1S/C46H87NO10/c1-3-5-7-9-11-13-14-15-16-17-18-19-20-21-22-23-24-25-26-28-30-32-34-39(50)45(55)47-37(36-56-46-44(54)43(53)42(52)40(35-48)57-46)41(51)38(49)33-31-29-27-12-10-8-6-4-2/h18-19,21-22,37-44,46,48-54H,3-17,20,23-36H2,1-2H3,(H,47,55)/b19-18-,22-21-. The van der Waals surface area contributed by atoms with Gasteiger partial charge in [-0.2, -0.15) is 0 Å². The highest BCUT2D eigenvalue weighted by molar-refractivity contribution is 5.80. The highest BCUT2D eigenvalue weighted by atomic mass is 16.7. The lowest BCUT2D eigenvalue weighted by molar-refractivity contribution is -0.303. The van der Waals surface area contributed by atoms with Crippen molar-refractivity contribution in [2.45, 2.75) is 249 Å². The van der Waals surface area contributed by atoms with Crippen LogP contribution in [0.3, 0.4) is 0 Å². The Kier molecular flexibility index (Phi) is 34.3. The van der Waals surface area contributed by atoms with Crippen molar-refractivity contribution in [2.24, 2.45) is 0 Å². The van der Waals surface area contributed by atoms with Crippen molar-refractivity contribution in [1.82, 2.24) is 5.32 Å². The molecule has 0 saturated carbocycles. The SMILES string of the molecule is CCCCCCCCCCC/C=C\C/C=C\CCCCCCCCC(O)C(=O)NC(COC1OC(CO)C(O)C(O)C1O)C(O)C(O)CCCCCCCCCC. The molecule has 57 heavy (non-hydrogen) atoms. The molecule has 0 aromatic heterocycles. The third-order valence-corrected chi connectivity index (χ3v) is 11.3. The van der Waals surface area contributed by atoms with E-state index in [0.29, 0.717) is 19.3 Å². The van der Waals surface area contributed by atoms with Crippen LogP contribution in [0.4, 0.5) is 0 Å². The van der Waals surface area contributed by atoms with Crippen molar-refractivity contribution in [3.8, 4) is 0 Å². The summed E-state index contributed by atoms with van der Waals surface area (Å²) in [6.07, 6.45) is 28.2. The number of ether oxygens (including phenoxy) is 2. The third-order valence-electron chi connectivity index (χ3n) is 11.3. The van der Waals surface area contributed by atoms with E-state index in [1.807, 2.05) is 0 Å². The Labute approximate surface area is 346 Å². The van der Waals surface area contributed by atoms with Gasteiger partial charge in [0, 0.05) is 0 Å². The smallest absolute Gasteiger partial charge is 0.249 e. The van der Waals surface area contributed by atoms with Gasteiger partial charge >= 0.3 is 0 Å². The molecule has 1 fully saturated rings. The first kappa shape index (κ1) is 53.6. The summed E-state index contributed by atoms with van der Waals surface area (Å²) in [5, 5.41) is 75.4. The maximum absolute atomic E-state index is 13.0. The van der Waals surface area contributed by atoms with Crippen LogP contribution in [0.5, 0.6) is 0 Å². The van der Waals surface area contributed by atoms with Gasteiger partial charge in [-0.1, -0.05) is 173 Å². The van der Waals surface area contributed by atoms with Crippen molar-refractivity contribution in [3.05, 3.63) is 24.3 Å². The first-order valence-electron chi connectivity index (χ1n) is 23.2. The summed E-state index contributed by atoms with van der Waals surface area (Å²) >= 11 is 0. The van der Waals surface area contributed by atoms with Gasteiger partial charge in [0.15, 0.2) is 6.29 Å². The van der Waals surface area contributed by atoms with Crippen molar-refractivity contribution in [2.75, 3.05) is 13.2 Å². The third kappa shape index (κ3) is 26.4.